The summed E-state index contributed by atoms with van der Waals surface area (Å²) in [5, 5.41) is -1.06. The van der Waals surface area contributed by atoms with Crippen molar-refractivity contribution in [3.05, 3.63) is 107 Å². The van der Waals surface area contributed by atoms with Gasteiger partial charge in [-0.05, 0) is 47.4 Å². The molecule has 0 N–H and O–H groups in total. The molecule has 32 heavy (non-hydrogen) atoms. The van der Waals surface area contributed by atoms with E-state index >= 15 is 0 Å². The van der Waals surface area contributed by atoms with Crippen LogP contribution in [0.25, 0.3) is 55.4 Å². The van der Waals surface area contributed by atoms with E-state index in [-0.39, 0.29) is 11.0 Å². The van der Waals surface area contributed by atoms with Crippen molar-refractivity contribution in [3.63, 3.8) is 0 Å². The Kier molecular flexibility index (Phi) is 1.54. The van der Waals surface area contributed by atoms with Crippen LogP contribution in [0.4, 0.5) is 0 Å². The third-order valence-electron chi connectivity index (χ3n) is 4.99. The van der Waals surface area contributed by atoms with E-state index in [4.69, 9.17) is 20.6 Å². The Morgan fingerprint density at radius 1 is 0.625 bits per heavy atom. The third-order valence-corrected chi connectivity index (χ3v) is 4.99. The molecule has 0 fully saturated rings. The maximum absolute atomic E-state index is 14.3. The highest BCUT2D eigenvalue weighted by Crippen LogP contribution is 2.30. The zero-order chi connectivity index (χ0) is 35.2. The predicted molar refractivity (Wildman–Crippen MR) is 128 cm³/mol. The lowest BCUT2D eigenvalue weighted by Crippen LogP contribution is -2.18. The number of para-hydroxylation sites is 3. The second kappa shape index (κ2) is 6.25. The molecule has 0 amide bonds. The van der Waals surface area contributed by atoms with Crippen LogP contribution in [-0.2, 0) is 0 Å². The topological polar surface area (TPSA) is 51.7 Å². The molecule has 0 saturated heterocycles. The second-order valence-corrected chi connectivity index (χ2v) is 6.72. The molecule has 0 spiro atoms. The number of imidazole rings is 1. The Morgan fingerprint density at radius 2 is 1.38 bits per heavy atom. The molecule has 0 aliphatic rings. The molecule has 150 valence electrons. The Labute approximate surface area is 204 Å². The van der Waals surface area contributed by atoms with Crippen molar-refractivity contribution >= 4 is 44.3 Å². The highest BCUT2D eigenvalue weighted by molar-refractivity contribution is 6.01. The van der Waals surface area contributed by atoms with E-state index in [1.165, 1.54) is 0 Å². The highest BCUT2D eigenvalue weighted by atomic mass is 16.1. The Morgan fingerprint density at radius 3 is 2.25 bits per heavy atom. The normalized spacial score (nSPS) is 18.9. The SMILES string of the molecule is [2H]c1c([2H])c([2H])c(-c2c([2H])c([2H])c3c(c2[2H])c2nc4c([2H])c([2H])c([2H])c([2H])c4c(=O)n2c2nc4c([2H])c([2H])c([2H])c([2H])c4n32)c([2H])c1[2H]. The van der Waals surface area contributed by atoms with Crippen molar-refractivity contribution in [2.45, 2.75) is 0 Å². The van der Waals surface area contributed by atoms with Crippen LogP contribution in [0, 0.1) is 0 Å². The molecule has 4 aromatic carbocycles. The van der Waals surface area contributed by atoms with Crippen molar-refractivity contribution in [1.82, 2.24) is 18.8 Å². The van der Waals surface area contributed by atoms with Crippen LogP contribution in [0.3, 0.4) is 0 Å². The number of nitrogens with zero attached hydrogens (tertiary/aromatic N) is 4. The fourth-order valence-corrected chi connectivity index (χ4v) is 3.64. The number of rotatable bonds is 1. The Bertz CT molecular complexity index is 2750. The van der Waals surface area contributed by atoms with Gasteiger partial charge in [-0.1, -0.05) is 60.4 Å². The lowest BCUT2D eigenvalue weighted by molar-refractivity contribution is 1.05. The van der Waals surface area contributed by atoms with E-state index in [1.807, 2.05) is 0 Å². The van der Waals surface area contributed by atoms with Crippen molar-refractivity contribution in [2.24, 2.45) is 0 Å². The molecule has 0 aliphatic heterocycles. The van der Waals surface area contributed by atoms with Gasteiger partial charge in [0.2, 0.25) is 5.78 Å². The first-order valence-corrected chi connectivity index (χ1v) is 9.19. The monoisotopic (exact) mass is 428 g/mol. The minimum Gasteiger partial charge on any atom is -0.277 e. The molecule has 0 radical (unpaired) electrons. The summed E-state index contributed by atoms with van der Waals surface area (Å²) < 4.78 is 137. The predicted octanol–water partition coefficient (Wildman–Crippen LogP) is 5.47. The quantitative estimate of drug-likeness (QED) is 0.257. The molecule has 0 aliphatic carbocycles. The second-order valence-electron chi connectivity index (χ2n) is 6.72. The van der Waals surface area contributed by atoms with Crippen LogP contribution in [0.5, 0.6) is 0 Å². The number of fused-ring (bicyclic) bond motifs is 9. The molecular weight excluding hydrogens is 396 g/mol. The number of hydrogen-bond donors (Lipinski definition) is 0. The van der Waals surface area contributed by atoms with Crippen LogP contribution < -0.4 is 5.56 Å². The maximum atomic E-state index is 14.3. The zero-order valence-electron chi connectivity index (χ0n) is 31.7. The highest BCUT2D eigenvalue weighted by Gasteiger charge is 2.17. The average Bonchev–Trinajstić information content (AvgIpc) is 3.46. The average molecular weight is 429 g/mol. The van der Waals surface area contributed by atoms with Crippen LogP contribution in [-0.4, -0.2) is 18.8 Å². The van der Waals surface area contributed by atoms with E-state index in [9.17, 15) is 6.17 Å². The first kappa shape index (κ1) is 7.88. The molecule has 5 heteroatoms. The van der Waals surface area contributed by atoms with E-state index in [0.717, 1.165) is 8.80 Å². The molecule has 5 nitrogen and oxygen atoms in total. The Hall–Kier alpha value is -4.51. The molecule has 7 aromatic rings. The van der Waals surface area contributed by atoms with Crippen molar-refractivity contribution < 1.29 is 21.9 Å². The maximum Gasteiger partial charge on any atom is 0.268 e. The first-order valence-electron chi connectivity index (χ1n) is 17.2. The fraction of sp³-hybridized carbons (Fsp3) is 0. The Balaban J connectivity index is 1.91. The zero-order valence-corrected chi connectivity index (χ0v) is 15.7. The third kappa shape index (κ3) is 2.25. The summed E-state index contributed by atoms with van der Waals surface area (Å²) in [5.41, 5.74) is -4.55. The molecular formula is C27H16N4O. The molecule has 3 aromatic heterocycles. The van der Waals surface area contributed by atoms with Gasteiger partial charge in [0.05, 0.1) is 49.4 Å². The number of hydrogen-bond acceptors (Lipinski definition) is 3. The minimum atomic E-state index is -1.13. The number of benzene rings is 4. The van der Waals surface area contributed by atoms with Crippen LogP contribution in [0.2, 0.25) is 0 Å². The standard InChI is InChI=1S/C27H16N4O/c32-26-19-10-4-5-11-21(19)28-25-20-16-18(17-8-2-1-3-9-17)14-15-23(20)30-24-13-7-6-12-22(24)29-27(30)31(25)26/h1-16H/i1D,2D,3D,4D,5D,6D,7D,8D,9D,10D,11D,12D,13D,14D,15D,16D. The lowest BCUT2D eigenvalue weighted by Gasteiger charge is -2.12. The van der Waals surface area contributed by atoms with Gasteiger partial charge >= 0.3 is 0 Å². The van der Waals surface area contributed by atoms with Gasteiger partial charge in [0.1, 0.15) is 0 Å². The van der Waals surface area contributed by atoms with Gasteiger partial charge in [-0.3, -0.25) is 9.20 Å². The largest absolute Gasteiger partial charge is 0.277 e. The van der Waals surface area contributed by atoms with Gasteiger partial charge in [0.25, 0.3) is 5.56 Å². The number of aromatic nitrogens is 4. The van der Waals surface area contributed by atoms with E-state index < -0.39 is 147 Å². The summed E-state index contributed by atoms with van der Waals surface area (Å²) in [6.45, 7) is 0. The molecule has 0 atom stereocenters. The molecule has 3 heterocycles. The van der Waals surface area contributed by atoms with Gasteiger partial charge in [0.15, 0.2) is 5.65 Å². The first-order chi connectivity index (χ1) is 22.4. The summed E-state index contributed by atoms with van der Waals surface area (Å²) in [5.74, 6) is -0.478. The summed E-state index contributed by atoms with van der Waals surface area (Å²) >= 11 is 0. The lowest BCUT2D eigenvalue weighted by atomic mass is 10.0. The van der Waals surface area contributed by atoms with Crippen LogP contribution >= 0.6 is 0 Å². The van der Waals surface area contributed by atoms with Crippen molar-refractivity contribution in [3.8, 4) is 11.1 Å². The fourth-order valence-electron chi connectivity index (χ4n) is 3.64. The molecule has 7 rings (SSSR count). The summed E-state index contributed by atoms with van der Waals surface area (Å²) in [6, 6.07) is -11.9. The summed E-state index contributed by atoms with van der Waals surface area (Å²) in [4.78, 5) is 23.0. The van der Waals surface area contributed by atoms with E-state index in [0.29, 0.717) is 0 Å². The van der Waals surface area contributed by atoms with Gasteiger partial charge in [-0.2, -0.15) is 0 Å². The van der Waals surface area contributed by atoms with Crippen LogP contribution in [0.1, 0.15) is 21.9 Å². The minimum absolute atomic E-state index is 0.354. The summed E-state index contributed by atoms with van der Waals surface area (Å²) in [7, 11) is 0. The van der Waals surface area contributed by atoms with Gasteiger partial charge in [-0.15, -0.1) is 0 Å². The molecule has 0 bridgehead atoms. The molecule has 0 unspecified atom stereocenters. The van der Waals surface area contributed by atoms with Gasteiger partial charge in [0, 0.05) is 5.39 Å². The van der Waals surface area contributed by atoms with E-state index in [1.54, 1.807) is 0 Å². The van der Waals surface area contributed by atoms with Gasteiger partial charge in [-0.25, -0.2) is 14.4 Å². The van der Waals surface area contributed by atoms with Crippen molar-refractivity contribution in [2.75, 3.05) is 0 Å². The van der Waals surface area contributed by atoms with E-state index in [2.05, 4.69) is 9.97 Å². The smallest absolute Gasteiger partial charge is 0.268 e. The molecule has 0 saturated carbocycles. The summed E-state index contributed by atoms with van der Waals surface area (Å²) in [6.07, 6.45) is 0. The van der Waals surface area contributed by atoms with Crippen LogP contribution in [0.15, 0.2) is 101 Å². The van der Waals surface area contributed by atoms with Gasteiger partial charge < -0.3 is 0 Å². The van der Waals surface area contributed by atoms with Crippen molar-refractivity contribution in [1.29, 1.82) is 0 Å².